The molecule has 3 heterocycles. The van der Waals surface area contributed by atoms with E-state index in [0.717, 1.165) is 22.3 Å². The maximum atomic E-state index is 12.0. The molecule has 0 N–H and O–H groups in total. The highest BCUT2D eigenvalue weighted by molar-refractivity contribution is 5.90. The lowest BCUT2D eigenvalue weighted by Crippen LogP contribution is -2.25. The minimum atomic E-state index is -0.304. The van der Waals surface area contributed by atoms with Gasteiger partial charge >= 0.3 is 0 Å². The van der Waals surface area contributed by atoms with Crippen LogP contribution in [0, 0.1) is 0 Å². The first-order chi connectivity index (χ1) is 12.6. The molecule has 3 aromatic heterocycles. The normalized spacial score (nSPS) is 11.0. The molecule has 0 amide bonds. The fourth-order valence-electron chi connectivity index (χ4n) is 2.96. The number of benzene rings is 1. The van der Waals surface area contributed by atoms with Gasteiger partial charge in [0.25, 0.3) is 5.56 Å². The monoisotopic (exact) mass is 344 g/mol. The number of fused-ring (bicyclic) bond motifs is 1. The second-order valence-corrected chi connectivity index (χ2v) is 6.04. The molecule has 6 nitrogen and oxygen atoms in total. The van der Waals surface area contributed by atoms with Crippen molar-refractivity contribution in [2.24, 2.45) is 0 Å². The van der Waals surface area contributed by atoms with Crippen molar-refractivity contribution in [1.29, 1.82) is 0 Å². The van der Waals surface area contributed by atoms with Gasteiger partial charge in [0.05, 0.1) is 16.8 Å². The SMILES string of the molecule is CC(=O)Cn1nc(-c2c(-c3ccccc3)nn3ccccc23)ccc1=O. The Bertz CT molecular complexity index is 1160. The van der Waals surface area contributed by atoms with E-state index in [4.69, 9.17) is 5.10 Å². The number of carbonyl (C=O) groups excluding carboxylic acids is 1. The topological polar surface area (TPSA) is 69.3 Å². The van der Waals surface area contributed by atoms with Gasteiger partial charge in [0, 0.05) is 17.8 Å². The molecule has 0 atom stereocenters. The van der Waals surface area contributed by atoms with E-state index >= 15 is 0 Å². The molecule has 4 rings (SSSR count). The van der Waals surface area contributed by atoms with E-state index < -0.39 is 0 Å². The van der Waals surface area contributed by atoms with Gasteiger partial charge in [0.1, 0.15) is 12.2 Å². The first-order valence-electron chi connectivity index (χ1n) is 8.24. The summed E-state index contributed by atoms with van der Waals surface area (Å²) in [5, 5.41) is 9.12. The number of nitrogens with zero attached hydrogens (tertiary/aromatic N) is 4. The van der Waals surface area contributed by atoms with E-state index in [1.165, 1.54) is 17.7 Å². The molecular formula is C20H16N4O2. The Kier molecular flexibility index (Phi) is 3.93. The van der Waals surface area contributed by atoms with E-state index in [1.54, 1.807) is 10.6 Å². The predicted molar refractivity (Wildman–Crippen MR) is 98.8 cm³/mol. The van der Waals surface area contributed by atoms with Crippen molar-refractivity contribution in [3.8, 4) is 22.5 Å². The van der Waals surface area contributed by atoms with Gasteiger partial charge in [-0.2, -0.15) is 10.2 Å². The molecular weight excluding hydrogens is 328 g/mol. The fourth-order valence-corrected chi connectivity index (χ4v) is 2.96. The number of hydrogen-bond acceptors (Lipinski definition) is 4. The van der Waals surface area contributed by atoms with Gasteiger partial charge in [-0.25, -0.2) is 9.20 Å². The van der Waals surface area contributed by atoms with Crippen LogP contribution in [0.25, 0.3) is 28.0 Å². The highest BCUT2D eigenvalue weighted by atomic mass is 16.1. The zero-order valence-electron chi connectivity index (χ0n) is 14.2. The first-order valence-corrected chi connectivity index (χ1v) is 8.24. The molecule has 0 bridgehead atoms. The van der Waals surface area contributed by atoms with Crippen LogP contribution in [-0.4, -0.2) is 25.2 Å². The largest absolute Gasteiger partial charge is 0.298 e. The molecule has 128 valence electrons. The fraction of sp³-hybridized carbons (Fsp3) is 0.100. The van der Waals surface area contributed by atoms with Crippen LogP contribution in [0.2, 0.25) is 0 Å². The summed E-state index contributed by atoms with van der Waals surface area (Å²) in [6.07, 6.45) is 1.87. The summed E-state index contributed by atoms with van der Waals surface area (Å²) in [4.78, 5) is 23.5. The molecule has 0 unspecified atom stereocenters. The summed E-state index contributed by atoms with van der Waals surface area (Å²) in [5.74, 6) is -0.125. The van der Waals surface area contributed by atoms with Gasteiger partial charge in [-0.1, -0.05) is 36.4 Å². The van der Waals surface area contributed by atoms with E-state index in [-0.39, 0.29) is 17.9 Å². The highest BCUT2D eigenvalue weighted by Crippen LogP contribution is 2.33. The second kappa shape index (κ2) is 6.40. The summed E-state index contributed by atoms with van der Waals surface area (Å²) >= 11 is 0. The molecule has 0 spiro atoms. The Morgan fingerprint density at radius 3 is 2.50 bits per heavy atom. The molecule has 6 heteroatoms. The van der Waals surface area contributed by atoms with Crippen LogP contribution in [0.1, 0.15) is 6.92 Å². The van der Waals surface area contributed by atoms with Crippen LogP contribution in [0.4, 0.5) is 0 Å². The van der Waals surface area contributed by atoms with E-state index in [2.05, 4.69) is 5.10 Å². The molecule has 0 saturated heterocycles. The van der Waals surface area contributed by atoms with E-state index in [0.29, 0.717) is 5.69 Å². The number of rotatable bonds is 4. The Morgan fingerprint density at radius 2 is 1.73 bits per heavy atom. The number of hydrogen-bond donors (Lipinski definition) is 0. The van der Waals surface area contributed by atoms with Crippen LogP contribution in [0.3, 0.4) is 0 Å². The second-order valence-electron chi connectivity index (χ2n) is 6.04. The molecule has 0 aliphatic carbocycles. The Hall–Kier alpha value is -3.54. The van der Waals surface area contributed by atoms with Crippen molar-refractivity contribution in [1.82, 2.24) is 19.4 Å². The molecule has 0 fully saturated rings. The van der Waals surface area contributed by atoms with Crippen molar-refractivity contribution in [3.63, 3.8) is 0 Å². The summed E-state index contributed by atoms with van der Waals surface area (Å²) in [6, 6.07) is 18.7. The van der Waals surface area contributed by atoms with Gasteiger partial charge in [-0.05, 0) is 25.1 Å². The molecule has 1 aromatic carbocycles. The lowest BCUT2D eigenvalue weighted by molar-refractivity contribution is -0.117. The van der Waals surface area contributed by atoms with Crippen molar-refractivity contribution in [2.45, 2.75) is 13.5 Å². The van der Waals surface area contributed by atoms with Gasteiger partial charge in [-0.3, -0.25) is 9.59 Å². The van der Waals surface area contributed by atoms with E-state index in [9.17, 15) is 9.59 Å². The molecule has 0 radical (unpaired) electrons. The van der Waals surface area contributed by atoms with Crippen LogP contribution in [0.15, 0.2) is 71.7 Å². The summed E-state index contributed by atoms with van der Waals surface area (Å²) in [7, 11) is 0. The smallest absolute Gasteiger partial charge is 0.267 e. The zero-order valence-corrected chi connectivity index (χ0v) is 14.2. The van der Waals surface area contributed by atoms with Crippen molar-refractivity contribution in [2.75, 3.05) is 0 Å². The minimum Gasteiger partial charge on any atom is -0.298 e. The Morgan fingerprint density at radius 1 is 0.962 bits per heavy atom. The van der Waals surface area contributed by atoms with Gasteiger partial charge in [0.2, 0.25) is 0 Å². The summed E-state index contributed by atoms with van der Waals surface area (Å²) < 4.78 is 2.98. The highest BCUT2D eigenvalue weighted by Gasteiger charge is 2.18. The lowest BCUT2D eigenvalue weighted by atomic mass is 10.0. The Labute approximate surface area is 149 Å². The number of ketones is 1. The summed E-state index contributed by atoms with van der Waals surface area (Å²) in [5.41, 5.74) is 3.74. The van der Waals surface area contributed by atoms with Crippen molar-refractivity contribution in [3.05, 3.63) is 77.2 Å². The number of carbonyl (C=O) groups is 1. The average molecular weight is 344 g/mol. The number of aromatic nitrogens is 4. The van der Waals surface area contributed by atoms with Crippen molar-refractivity contribution >= 4 is 11.3 Å². The first kappa shape index (κ1) is 16.0. The van der Waals surface area contributed by atoms with Crippen LogP contribution in [0.5, 0.6) is 0 Å². The lowest BCUT2D eigenvalue weighted by Gasteiger charge is -2.06. The Balaban J connectivity index is 1.99. The summed E-state index contributed by atoms with van der Waals surface area (Å²) in [6.45, 7) is 1.39. The van der Waals surface area contributed by atoms with Crippen LogP contribution < -0.4 is 5.56 Å². The number of Topliss-reactive ketones (excluding diaryl/α,β-unsaturated/α-hetero) is 1. The average Bonchev–Trinajstić information content (AvgIpc) is 3.03. The van der Waals surface area contributed by atoms with Gasteiger partial charge < -0.3 is 0 Å². The van der Waals surface area contributed by atoms with Crippen LogP contribution >= 0.6 is 0 Å². The maximum absolute atomic E-state index is 12.0. The molecule has 0 aliphatic heterocycles. The van der Waals surface area contributed by atoms with Crippen molar-refractivity contribution < 1.29 is 4.79 Å². The molecule has 0 aliphatic rings. The maximum Gasteiger partial charge on any atom is 0.267 e. The minimum absolute atomic E-state index is 0.0491. The number of pyridine rings is 1. The molecule has 4 aromatic rings. The predicted octanol–water partition coefficient (Wildman–Crippen LogP) is 2.81. The molecule has 0 saturated carbocycles. The van der Waals surface area contributed by atoms with E-state index in [1.807, 2.05) is 54.7 Å². The standard InChI is InChI=1S/C20H16N4O2/c1-14(25)13-24-18(26)11-10-16(21-24)19-17-9-5-6-12-23(17)22-20(19)15-7-3-2-4-8-15/h2-12H,13H2,1H3. The third kappa shape index (κ3) is 2.82. The van der Waals surface area contributed by atoms with Gasteiger partial charge in [-0.15, -0.1) is 0 Å². The quantitative estimate of drug-likeness (QED) is 0.571. The molecule has 26 heavy (non-hydrogen) atoms. The van der Waals surface area contributed by atoms with Gasteiger partial charge in [0.15, 0.2) is 5.78 Å². The zero-order chi connectivity index (χ0) is 18.1. The third-order valence-corrected chi connectivity index (χ3v) is 4.08. The third-order valence-electron chi connectivity index (χ3n) is 4.08. The van der Waals surface area contributed by atoms with Crippen LogP contribution in [-0.2, 0) is 11.3 Å².